The van der Waals surface area contributed by atoms with Gasteiger partial charge in [0.15, 0.2) is 17.5 Å². The lowest BCUT2D eigenvalue weighted by atomic mass is 10.1. The molecule has 26 heavy (non-hydrogen) atoms. The number of aryl methyl sites for hydroxylation is 2. The van der Waals surface area contributed by atoms with Crippen LogP contribution in [-0.2, 0) is 13.0 Å². The Kier molecular flexibility index (Phi) is 5.65. The van der Waals surface area contributed by atoms with Crippen LogP contribution in [0.1, 0.15) is 29.5 Å². The predicted molar refractivity (Wildman–Crippen MR) is 99.7 cm³/mol. The van der Waals surface area contributed by atoms with Crippen LogP contribution in [-0.4, -0.2) is 42.9 Å². The quantitative estimate of drug-likeness (QED) is 0.632. The third kappa shape index (κ3) is 4.09. The highest BCUT2D eigenvalue weighted by Gasteiger charge is 2.15. The number of nitrogens with one attached hydrogen (secondary N) is 1. The number of hydrogen-bond acceptors (Lipinski definition) is 5. The molecule has 1 N–H and O–H groups in total. The smallest absolute Gasteiger partial charge is 0.231 e. The van der Waals surface area contributed by atoms with Gasteiger partial charge in [0.05, 0.1) is 5.69 Å². The maximum absolute atomic E-state index is 5.46. The molecule has 0 bridgehead atoms. The van der Waals surface area contributed by atoms with E-state index in [1.54, 1.807) is 0 Å². The summed E-state index contributed by atoms with van der Waals surface area (Å²) in [4.78, 5) is 6.85. The fraction of sp³-hybridized carbons (Fsp3) is 0.474. The van der Waals surface area contributed by atoms with Gasteiger partial charge in [0.25, 0.3) is 0 Å². The highest BCUT2D eigenvalue weighted by atomic mass is 16.7. The van der Waals surface area contributed by atoms with Crippen LogP contribution in [0.4, 0.5) is 0 Å². The minimum atomic E-state index is 0.292. The number of benzene rings is 1. The summed E-state index contributed by atoms with van der Waals surface area (Å²) in [7, 11) is 2.03. The third-order valence-corrected chi connectivity index (χ3v) is 4.36. The first-order chi connectivity index (χ1) is 12.6. The van der Waals surface area contributed by atoms with Crippen molar-refractivity contribution < 1.29 is 14.0 Å². The monoisotopic (exact) mass is 358 g/mol. The minimum absolute atomic E-state index is 0.292. The lowest BCUT2D eigenvalue weighted by Gasteiger charge is -2.22. The van der Waals surface area contributed by atoms with E-state index in [9.17, 15) is 0 Å². The van der Waals surface area contributed by atoms with Gasteiger partial charge in [-0.3, -0.25) is 4.99 Å². The van der Waals surface area contributed by atoms with E-state index in [-0.39, 0.29) is 0 Å². The molecule has 0 amide bonds. The van der Waals surface area contributed by atoms with Gasteiger partial charge in [-0.2, -0.15) is 0 Å². The van der Waals surface area contributed by atoms with Crippen molar-refractivity contribution in [1.29, 1.82) is 0 Å². The van der Waals surface area contributed by atoms with Crippen molar-refractivity contribution >= 4 is 5.96 Å². The molecule has 140 valence electrons. The fourth-order valence-corrected chi connectivity index (χ4v) is 2.99. The molecule has 2 heterocycles. The molecule has 7 heteroatoms. The van der Waals surface area contributed by atoms with Crippen LogP contribution in [0.3, 0.4) is 0 Å². The first-order valence-electron chi connectivity index (χ1n) is 8.88. The fourth-order valence-electron chi connectivity index (χ4n) is 2.99. The molecule has 1 aromatic heterocycles. The molecule has 0 radical (unpaired) electrons. The Morgan fingerprint density at radius 2 is 2.08 bits per heavy atom. The molecule has 0 atom stereocenters. The van der Waals surface area contributed by atoms with Gasteiger partial charge in [-0.25, -0.2) is 0 Å². The van der Waals surface area contributed by atoms with Crippen LogP contribution in [0.15, 0.2) is 27.7 Å². The Hall–Kier alpha value is -2.70. The second-order valence-corrected chi connectivity index (χ2v) is 6.33. The normalized spacial score (nSPS) is 13.2. The summed E-state index contributed by atoms with van der Waals surface area (Å²) in [5.74, 6) is 3.35. The van der Waals surface area contributed by atoms with Crippen LogP contribution < -0.4 is 14.8 Å². The lowest BCUT2D eigenvalue weighted by molar-refractivity contribution is 0.174. The molecule has 0 spiro atoms. The van der Waals surface area contributed by atoms with Crippen molar-refractivity contribution in [1.82, 2.24) is 15.4 Å². The highest BCUT2D eigenvalue weighted by molar-refractivity contribution is 5.79. The van der Waals surface area contributed by atoms with Crippen LogP contribution in [0.5, 0.6) is 11.5 Å². The van der Waals surface area contributed by atoms with Gasteiger partial charge in [0, 0.05) is 32.2 Å². The van der Waals surface area contributed by atoms with Crippen LogP contribution >= 0.6 is 0 Å². The number of aromatic nitrogens is 1. The van der Waals surface area contributed by atoms with Gasteiger partial charge in [-0.05, 0) is 44.9 Å². The van der Waals surface area contributed by atoms with Gasteiger partial charge < -0.3 is 24.2 Å². The van der Waals surface area contributed by atoms with E-state index in [2.05, 4.69) is 28.4 Å². The summed E-state index contributed by atoms with van der Waals surface area (Å²) >= 11 is 0. The Labute approximate surface area is 154 Å². The van der Waals surface area contributed by atoms with E-state index in [1.165, 1.54) is 0 Å². The molecule has 0 fully saturated rings. The summed E-state index contributed by atoms with van der Waals surface area (Å²) in [6.07, 6.45) is 0.813. The van der Waals surface area contributed by atoms with Crippen molar-refractivity contribution in [2.75, 3.05) is 26.9 Å². The van der Waals surface area contributed by atoms with E-state index in [4.69, 9.17) is 19.0 Å². The van der Waals surface area contributed by atoms with Gasteiger partial charge in [-0.15, -0.1) is 0 Å². The van der Waals surface area contributed by atoms with Crippen molar-refractivity contribution in [2.24, 2.45) is 4.99 Å². The zero-order chi connectivity index (χ0) is 18.5. The molecule has 0 unspecified atom stereocenters. The second kappa shape index (κ2) is 8.12. The number of ether oxygens (including phenoxy) is 2. The highest BCUT2D eigenvalue weighted by Crippen LogP contribution is 2.32. The molecular weight excluding hydrogens is 332 g/mol. The first-order valence-corrected chi connectivity index (χ1v) is 8.88. The SMILES string of the molecule is CCNC(=NCCc1c(C)noc1C)N(C)Cc1ccc2c(c1)OCO2. The van der Waals surface area contributed by atoms with E-state index >= 15 is 0 Å². The summed E-state index contributed by atoms with van der Waals surface area (Å²) in [5, 5.41) is 7.34. The molecule has 0 saturated carbocycles. The minimum Gasteiger partial charge on any atom is -0.454 e. The second-order valence-electron chi connectivity index (χ2n) is 6.33. The number of nitrogens with zero attached hydrogens (tertiary/aromatic N) is 3. The number of fused-ring (bicyclic) bond motifs is 1. The van der Waals surface area contributed by atoms with Crippen LogP contribution in [0.2, 0.25) is 0 Å². The zero-order valence-electron chi connectivity index (χ0n) is 15.8. The summed E-state index contributed by atoms with van der Waals surface area (Å²) in [5.41, 5.74) is 3.23. The maximum Gasteiger partial charge on any atom is 0.231 e. The van der Waals surface area contributed by atoms with Gasteiger partial charge >= 0.3 is 0 Å². The molecule has 1 aliphatic heterocycles. The molecular formula is C19H26N4O3. The lowest BCUT2D eigenvalue weighted by Crippen LogP contribution is -2.38. The Morgan fingerprint density at radius 1 is 1.27 bits per heavy atom. The van der Waals surface area contributed by atoms with Gasteiger partial charge in [-0.1, -0.05) is 11.2 Å². The van der Waals surface area contributed by atoms with Gasteiger partial charge in [0.2, 0.25) is 6.79 Å². The van der Waals surface area contributed by atoms with Crippen molar-refractivity contribution in [3.63, 3.8) is 0 Å². The molecule has 1 aliphatic rings. The Morgan fingerprint density at radius 3 is 2.81 bits per heavy atom. The summed E-state index contributed by atoms with van der Waals surface area (Å²) in [6, 6.07) is 6.02. The maximum atomic E-state index is 5.46. The van der Waals surface area contributed by atoms with Crippen molar-refractivity contribution in [2.45, 2.75) is 33.7 Å². The summed E-state index contributed by atoms with van der Waals surface area (Å²) in [6.45, 7) is 8.49. The standard InChI is InChI=1S/C19H26N4O3/c1-5-20-19(21-9-8-16-13(2)22-26-14(16)3)23(4)11-15-6-7-17-18(10-15)25-12-24-17/h6-7,10H,5,8-9,11-12H2,1-4H3,(H,20,21). The summed E-state index contributed by atoms with van der Waals surface area (Å²) < 4.78 is 16.0. The average molecular weight is 358 g/mol. The molecule has 0 aliphatic carbocycles. The van der Waals surface area contributed by atoms with E-state index in [0.717, 1.165) is 59.5 Å². The molecule has 7 nitrogen and oxygen atoms in total. The number of rotatable bonds is 6. The topological polar surface area (TPSA) is 72.1 Å². The van der Waals surface area contributed by atoms with E-state index in [1.807, 2.05) is 33.0 Å². The van der Waals surface area contributed by atoms with Crippen molar-refractivity contribution in [3.8, 4) is 11.5 Å². The molecule has 2 aromatic rings. The number of hydrogen-bond donors (Lipinski definition) is 1. The van der Waals surface area contributed by atoms with Crippen LogP contribution in [0, 0.1) is 13.8 Å². The zero-order valence-corrected chi connectivity index (χ0v) is 15.8. The molecule has 0 saturated heterocycles. The van der Waals surface area contributed by atoms with Gasteiger partial charge in [0.1, 0.15) is 5.76 Å². The predicted octanol–water partition coefficient (Wildman–Crippen LogP) is 2.66. The molecule has 3 rings (SSSR count). The number of guanidine groups is 1. The Balaban J connectivity index is 1.64. The Bertz CT molecular complexity index is 766. The first kappa shape index (κ1) is 18.1. The van der Waals surface area contributed by atoms with Crippen LogP contribution in [0.25, 0.3) is 0 Å². The molecule has 1 aromatic carbocycles. The third-order valence-electron chi connectivity index (χ3n) is 4.36. The van der Waals surface area contributed by atoms with E-state index in [0.29, 0.717) is 13.3 Å². The number of aliphatic imine (C=N–C) groups is 1. The van der Waals surface area contributed by atoms with Crippen molar-refractivity contribution in [3.05, 3.63) is 40.8 Å². The largest absolute Gasteiger partial charge is 0.454 e. The average Bonchev–Trinajstić information content (AvgIpc) is 3.21. The van der Waals surface area contributed by atoms with E-state index < -0.39 is 0 Å².